The molecule has 128 valence electrons. The molecule has 1 saturated carbocycles. The molecule has 1 aromatic rings. The van der Waals surface area contributed by atoms with E-state index in [0.717, 1.165) is 23.3 Å². The van der Waals surface area contributed by atoms with E-state index in [1.54, 1.807) is 0 Å². The molecule has 2 fully saturated rings. The van der Waals surface area contributed by atoms with Gasteiger partial charge in [0.2, 0.25) is 5.91 Å². The topological polar surface area (TPSA) is 78.5 Å². The maximum absolute atomic E-state index is 12.9. The van der Waals surface area contributed by atoms with Crippen molar-refractivity contribution < 1.29 is 14.4 Å². The smallest absolute Gasteiger partial charge is 0.325 e. The van der Waals surface area contributed by atoms with Gasteiger partial charge in [0, 0.05) is 6.04 Å². The van der Waals surface area contributed by atoms with E-state index < -0.39 is 11.6 Å². The summed E-state index contributed by atoms with van der Waals surface area (Å²) < 4.78 is 0. The van der Waals surface area contributed by atoms with E-state index in [1.165, 1.54) is 0 Å². The van der Waals surface area contributed by atoms with Crippen LogP contribution in [0.3, 0.4) is 0 Å². The van der Waals surface area contributed by atoms with E-state index in [9.17, 15) is 14.4 Å². The Bertz CT molecular complexity index is 657. The number of benzene rings is 1. The van der Waals surface area contributed by atoms with Crippen LogP contribution in [0.5, 0.6) is 0 Å². The average Bonchev–Trinajstić information content (AvgIpc) is 3.39. The molecule has 2 aliphatic rings. The number of hydrogen-bond acceptors (Lipinski definition) is 3. The van der Waals surface area contributed by atoms with Crippen LogP contribution < -0.4 is 10.6 Å². The molecule has 3 rings (SSSR count). The van der Waals surface area contributed by atoms with Crippen LogP contribution in [0.4, 0.5) is 4.79 Å². The number of imide groups is 1. The standard InChI is InChI=1S/C18H23N3O3/c1-3-18(14-7-5-4-6-8-14)16(23)21(17(24)20-18)11-15(22)19-12(2)13-9-10-13/h4-8,12-13H,3,9-11H2,1-2H3,(H,19,22)(H,20,24)/t12-,18-/m1/s1. The van der Waals surface area contributed by atoms with Crippen LogP contribution in [0, 0.1) is 5.92 Å². The van der Waals surface area contributed by atoms with E-state index in [2.05, 4.69) is 10.6 Å². The number of carbonyl (C=O) groups excluding carboxylic acids is 3. The fourth-order valence-electron chi connectivity index (χ4n) is 3.29. The van der Waals surface area contributed by atoms with Gasteiger partial charge >= 0.3 is 6.03 Å². The van der Waals surface area contributed by atoms with Gasteiger partial charge in [0.25, 0.3) is 5.91 Å². The van der Waals surface area contributed by atoms with Crippen molar-refractivity contribution in [3.63, 3.8) is 0 Å². The van der Waals surface area contributed by atoms with Crippen molar-refractivity contribution in [1.29, 1.82) is 0 Å². The molecule has 6 nitrogen and oxygen atoms in total. The highest BCUT2D eigenvalue weighted by atomic mass is 16.2. The minimum atomic E-state index is -1.08. The Hall–Kier alpha value is -2.37. The Balaban J connectivity index is 1.74. The van der Waals surface area contributed by atoms with Gasteiger partial charge in [-0.1, -0.05) is 37.3 Å². The Labute approximate surface area is 141 Å². The number of nitrogens with one attached hydrogen (secondary N) is 2. The predicted molar refractivity (Wildman–Crippen MR) is 89.0 cm³/mol. The predicted octanol–water partition coefficient (Wildman–Crippen LogP) is 1.76. The lowest BCUT2D eigenvalue weighted by Crippen LogP contribution is -2.46. The first-order valence-corrected chi connectivity index (χ1v) is 8.47. The molecule has 1 aromatic carbocycles. The van der Waals surface area contributed by atoms with Gasteiger partial charge in [-0.2, -0.15) is 0 Å². The zero-order valence-corrected chi connectivity index (χ0v) is 14.0. The van der Waals surface area contributed by atoms with E-state index in [0.29, 0.717) is 12.3 Å². The van der Waals surface area contributed by atoms with Crippen molar-refractivity contribution in [3.05, 3.63) is 35.9 Å². The summed E-state index contributed by atoms with van der Waals surface area (Å²) in [5.41, 5.74) is -0.346. The normalized spacial score (nSPS) is 24.7. The van der Waals surface area contributed by atoms with Gasteiger partial charge in [-0.3, -0.25) is 14.5 Å². The van der Waals surface area contributed by atoms with Gasteiger partial charge in [0.15, 0.2) is 0 Å². The summed E-state index contributed by atoms with van der Waals surface area (Å²) in [6, 6.07) is 8.74. The highest BCUT2D eigenvalue weighted by Gasteiger charge is 2.51. The molecule has 24 heavy (non-hydrogen) atoms. The molecule has 1 heterocycles. The summed E-state index contributed by atoms with van der Waals surface area (Å²) in [4.78, 5) is 38.4. The van der Waals surface area contributed by atoms with E-state index in [4.69, 9.17) is 0 Å². The molecule has 2 atom stereocenters. The third kappa shape index (κ3) is 2.88. The van der Waals surface area contributed by atoms with Crippen molar-refractivity contribution in [2.24, 2.45) is 5.92 Å². The first-order chi connectivity index (χ1) is 11.5. The Morgan fingerprint density at radius 1 is 1.33 bits per heavy atom. The maximum Gasteiger partial charge on any atom is 0.325 e. The molecule has 1 aliphatic heterocycles. The van der Waals surface area contributed by atoms with Crippen molar-refractivity contribution >= 4 is 17.8 Å². The molecule has 0 radical (unpaired) electrons. The molecule has 4 amide bonds. The summed E-state index contributed by atoms with van der Waals surface area (Å²) in [5.74, 6) is -0.135. The lowest BCUT2D eigenvalue weighted by atomic mass is 9.87. The Morgan fingerprint density at radius 3 is 2.58 bits per heavy atom. The van der Waals surface area contributed by atoms with Gasteiger partial charge in [0.1, 0.15) is 12.1 Å². The van der Waals surface area contributed by atoms with Crippen LogP contribution in [0.25, 0.3) is 0 Å². The quantitative estimate of drug-likeness (QED) is 0.781. The Morgan fingerprint density at radius 2 is 2.00 bits per heavy atom. The second-order valence-corrected chi connectivity index (χ2v) is 6.64. The van der Waals surface area contributed by atoms with Gasteiger partial charge < -0.3 is 10.6 Å². The van der Waals surface area contributed by atoms with Crippen molar-refractivity contribution in [1.82, 2.24) is 15.5 Å². The molecular weight excluding hydrogens is 306 g/mol. The van der Waals surface area contributed by atoms with Crippen LogP contribution in [-0.4, -0.2) is 35.3 Å². The summed E-state index contributed by atoms with van der Waals surface area (Å²) >= 11 is 0. The maximum atomic E-state index is 12.9. The second kappa shape index (κ2) is 6.26. The minimum absolute atomic E-state index is 0.0864. The van der Waals surface area contributed by atoms with Gasteiger partial charge in [-0.25, -0.2) is 4.79 Å². The summed E-state index contributed by atoms with van der Waals surface area (Å²) in [6.07, 6.45) is 2.67. The van der Waals surface area contributed by atoms with Crippen LogP contribution in [0.1, 0.15) is 38.7 Å². The second-order valence-electron chi connectivity index (χ2n) is 6.64. The molecule has 0 spiro atoms. The monoisotopic (exact) mass is 329 g/mol. The molecular formula is C18H23N3O3. The molecule has 1 saturated heterocycles. The van der Waals surface area contributed by atoms with Crippen molar-refractivity contribution in [2.45, 2.75) is 44.7 Å². The summed E-state index contributed by atoms with van der Waals surface area (Å²) in [6.45, 7) is 3.57. The largest absolute Gasteiger partial charge is 0.352 e. The molecule has 0 aromatic heterocycles. The van der Waals surface area contributed by atoms with E-state index in [-0.39, 0.29) is 24.4 Å². The van der Waals surface area contributed by atoms with E-state index >= 15 is 0 Å². The molecule has 0 bridgehead atoms. The van der Waals surface area contributed by atoms with Crippen molar-refractivity contribution in [3.8, 4) is 0 Å². The summed E-state index contributed by atoms with van der Waals surface area (Å²) in [7, 11) is 0. The lowest BCUT2D eigenvalue weighted by Gasteiger charge is -2.25. The number of nitrogens with zero attached hydrogens (tertiary/aromatic N) is 1. The van der Waals surface area contributed by atoms with Gasteiger partial charge in [-0.05, 0) is 37.7 Å². The average molecular weight is 329 g/mol. The summed E-state index contributed by atoms with van der Waals surface area (Å²) in [5, 5.41) is 5.67. The van der Waals surface area contributed by atoms with Gasteiger partial charge in [-0.15, -0.1) is 0 Å². The highest BCUT2D eigenvalue weighted by Crippen LogP contribution is 2.33. The Kier molecular flexibility index (Phi) is 4.30. The molecule has 6 heteroatoms. The highest BCUT2D eigenvalue weighted by molar-refractivity contribution is 6.09. The first kappa shape index (κ1) is 16.5. The third-order valence-corrected chi connectivity index (χ3v) is 4.99. The molecule has 2 N–H and O–H groups in total. The minimum Gasteiger partial charge on any atom is -0.352 e. The number of hydrogen-bond donors (Lipinski definition) is 2. The number of rotatable bonds is 6. The molecule has 0 unspecified atom stereocenters. The zero-order valence-electron chi connectivity index (χ0n) is 14.0. The lowest BCUT2D eigenvalue weighted by molar-refractivity contribution is -0.135. The number of amides is 4. The van der Waals surface area contributed by atoms with Crippen LogP contribution in [0.2, 0.25) is 0 Å². The third-order valence-electron chi connectivity index (χ3n) is 4.99. The number of urea groups is 1. The molecule has 1 aliphatic carbocycles. The van der Waals surface area contributed by atoms with Crippen LogP contribution in [-0.2, 0) is 15.1 Å². The van der Waals surface area contributed by atoms with Crippen LogP contribution >= 0.6 is 0 Å². The van der Waals surface area contributed by atoms with Crippen LogP contribution in [0.15, 0.2) is 30.3 Å². The fourth-order valence-corrected chi connectivity index (χ4v) is 3.29. The number of carbonyl (C=O) groups is 3. The van der Waals surface area contributed by atoms with Gasteiger partial charge in [0.05, 0.1) is 0 Å². The fraction of sp³-hybridized carbons (Fsp3) is 0.500. The SMILES string of the molecule is CC[C@]1(c2ccccc2)NC(=O)N(CC(=O)N[C@H](C)C2CC2)C1=O. The van der Waals surface area contributed by atoms with E-state index in [1.807, 2.05) is 44.2 Å². The first-order valence-electron chi connectivity index (χ1n) is 8.47. The van der Waals surface area contributed by atoms with Crippen molar-refractivity contribution in [2.75, 3.05) is 6.54 Å². The zero-order chi connectivity index (χ0) is 17.3.